The highest BCUT2D eigenvalue weighted by Gasteiger charge is 2.28. The lowest BCUT2D eigenvalue weighted by Crippen LogP contribution is -2.46. The minimum absolute atomic E-state index is 0.746. The van der Waals surface area contributed by atoms with Crippen LogP contribution in [0.15, 0.2) is 0 Å². The lowest BCUT2D eigenvalue weighted by Gasteiger charge is -2.22. The summed E-state index contributed by atoms with van der Waals surface area (Å²) in [5, 5.41) is 10.7. The number of amides is 2. The molecule has 0 bridgehead atoms. The number of aliphatic carboxylic acids is 1. The van der Waals surface area contributed by atoms with Gasteiger partial charge in [0.25, 0.3) is 5.91 Å². The summed E-state index contributed by atoms with van der Waals surface area (Å²) in [6.07, 6.45) is -3.91. The van der Waals surface area contributed by atoms with Crippen LogP contribution in [-0.2, 0) is 14.3 Å². The number of hydrogen-bond acceptors (Lipinski definition) is 4. The van der Waals surface area contributed by atoms with E-state index in [2.05, 4.69) is 5.73 Å². The minimum Gasteiger partial charge on any atom is -0.480 e. The summed E-state index contributed by atoms with van der Waals surface area (Å²) in [7, 11) is 0. The van der Waals surface area contributed by atoms with E-state index in [9.17, 15) is 18.8 Å². The van der Waals surface area contributed by atoms with Crippen molar-refractivity contribution in [3.8, 4) is 0 Å². The van der Waals surface area contributed by atoms with Crippen LogP contribution < -0.4 is 11.1 Å². The zero-order valence-electron chi connectivity index (χ0n) is 10.4. The van der Waals surface area contributed by atoms with Gasteiger partial charge in [0.1, 0.15) is 11.6 Å². The quantitative estimate of drug-likeness (QED) is 0.654. The second-order valence-corrected chi connectivity index (χ2v) is 4.64. The van der Waals surface area contributed by atoms with Gasteiger partial charge in [-0.05, 0) is 20.8 Å². The molecule has 0 aliphatic heterocycles. The van der Waals surface area contributed by atoms with Crippen molar-refractivity contribution in [1.29, 1.82) is 0 Å². The summed E-state index contributed by atoms with van der Waals surface area (Å²) in [4.78, 5) is 32.5. The van der Waals surface area contributed by atoms with Crippen LogP contribution in [0.2, 0.25) is 0 Å². The van der Waals surface area contributed by atoms with Gasteiger partial charge >= 0.3 is 12.1 Å². The number of rotatable bonds is 5. The molecule has 0 aromatic carbocycles. The Morgan fingerprint density at radius 2 is 1.89 bits per heavy atom. The first-order valence-corrected chi connectivity index (χ1v) is 5.18. The molecule has 0 aliphatic carbocycles. The number of alkyl halides is 1. The maximum Gasteiger partial charge on any atom is 0.408 e. The molecule has 4 N–H and O–H groups in total. The number of nitrogens with one attached hydrogen (secondary N) is 1. The molecule has 0 heterocycles. The molecule has 0 saturated carbocycles. The molecular weight excluding hydrogens is 247 g/mol. The second kappa shape index (κ2) is 6.18. The molecule has 7 nitrogen and oxygen atoms in total. The van der Waals surface area contributed by atoms with Gasteiger partial charge in [-0.2, -0.15) is 0 Å². The Balaban J connectivity index is 4.50. The predicted octanol–water partition coefficient (Wildman–Crippen LogP) is 0.178. The molecule has 104 valence electrons. The fourth-order valence-electron chi connectivity index (χ4n) is 0.994. The lowest BCUT2D eigenvalue weighted by molar-refractivity contribution is -0.140. The van der Waals surface area contributed by atoms with Gasteiger partial charge in [-0.15, -0.1) is 0 Å². The first kappa shape index (κ1) is 16.1. The van der Waals surface area contributed by atoms with Crippen molar-refractivity contribution in [3.63, 3.8) is 0 Å². The predicted molar refractivity (Wildman–Crippen MR) is 59.5 cm³/mol. The number of carboxylic acids is 1. The fourth-order valence-corrected chi connectivity index (χ4v) is 0.994. The van der Waals surface area contributed by atoms with Crippen LogP contribution in [0.3, 0.4) is 0 Å². The standard InChI is InChI=1S/C10H17FN2O5/c1-10(2,3)18-9(17)13-6(8(15)16)4-5(11)7(12)14/h5-6H,4H2,1-3H3,(H2,12,14)(H,13,17)(H,15,16)/t5-,6+/m1/s1. The molecule has 0 aliphatic rings. The van der Waals surface area contributed by atoms with Gasteiger partial charge < -0.3 is 20.9 Å². The van der Waals surface area contributed by atoms with Crippen LogP contribution in [0, 0.1) is 0 Å². The Morgan fingerprint density at radius 3 is 2.22 bits per heavy atom. The molecular formula is C10H17FN2O5. The van der Waals surface area contributed by atoms with E-state index in [1.807, 2.05) is 5.32 Å². The maximum atomic E-state index is 13.0. The third kappa shape index (κ3) is 6.66. The van der Waals surface area contributed by atoms with Crippen LogP contribution >= 0.6 is 0 Å². The Morgan fingerprint density at radius 1 is 1.39 bits per heavy atom. The fraction of sp³-hybridized carbons (Fsp3) is 0.700. The molecule has 2 amide bonds. The van der Waals surface area contributed by atoms with Crippen LogP contribution in [0.4, 0.5) is 9.18 Å². The van der Waals surface area contributed by atoms with Crippen molar-refractivity contribution in [2.24, 2.45) is 5.73 Å². The van der Waals surface area contributed by atoms with Crippen molar-refractivity contribution in [3.05, 3.63) is 0 Å². The number of alkyl carbamates (subject to hydrolysis) is 1. The highest BCUT2D eigenvalue weighted by atomic mass is 19.1. The van der Waals surface area contributed by atoms with Gasteiger partial charge in [-0.1, -0.05) is 0 Å². The zero-order chi connectivity index (χ0) is 14.5. The first-order chi connectivity index (χ1) is 8.03. The van der Waals surface area contributed by atoms with Crippen LogP contribution in [0.5, 0.6) is 0 Å². The van der Waals surface area contributed by atoms with Crippen molar-refractivity contribution < 1.29 is 28.6 Å². The zero-order valence-corrected chi connectivity index (χ0v) is 10.4. The largest absolute Gasteiger partial charge is 0.480 e. The summed E-state index contributed by atoms with van der Waals surface area (Å²) in [6, 6.07) is -1.58. The number of carbonyl (C=O) groups excluding carboxylic acids is 2. The molecule has 0 rings (SSSR count). The molecule has 0 aromatic rings. The molecule has 8 heteroatoms. The van der Waals surface area contributed by atoms with E-state index in [1.165, 1.54) is 0 Å². The number of hydrogen-bond donors (Lipinski definition) is 3. The van der Waals surface area contributed by atoms with Crippen molar-refractivity contribution >= 4 is 18.0 Å². The Hall–Kier alpha value is -1.86. The van der Waals surface area contributed by atoms with Crippen LogP contribution in [0.1, 0.15) is 27.2 Å². The monoisotopic (exact) mass is 264 g/mol. The Bertz CT molecular complexity index is 340. The molecule has 0 radical (unpaired) electrons. The van der Waals surface area contributed by atoms with Gasteiger partial charge in [-0.25, -0.2) is 14.0 Å². The average Bonchev–Trinajstić information content (AvgIpc) is 2.12. The highest BCUT2D eigenvalue weighted by Crippen LogP contribution is 2.08. The number of halogens is 1. The SMILES string of the molecule is CC(C)(C)OC(=O)N[C@@H](C[C@@H](F)C(N)=O)C(=O)O. The summed E-state index contributed by atoms with van der Waals surface area (Å²) >= 11 is 0. The first-order valence-electron chi connectivity index (χ1n) is 5.18. The molecule has 0 spiro atoms. The summed E-state index contributed by atoms with van der Waals surface area (Å²) in [5.74, 6) is -2.77. The van der Waals surface area contributed by atoms with Crippen molar-refractivity contribution in [2.75, 3.05) is 0 Å². The van der Waals surface area contributed by atoms with E-state index in [-0.39, 0.29) is 0 Å². The third-order valence-corrected chi connectivity index (χ3v) is 1.74. The molecule has 0 aromatic heterocycles. The summed E-state index contributed by atoms with van der Waals surface area (Å²) in [5.41, 5.74) is 3.85. The highest BCUT2D eigenvalue weighted by molar-refractivity contribution is 5.83. The maximum absolute atomic E-state index is 13.0. The van der Waals surface area contributed by atoms with Gasteiger partial charge in [-0.3, -0.25) is 4.79 Å². The molecule has 0 fully saturated rings. The van der Waals surface area contributed by atoms with E-state index in [4.69, 9.17) is 9.84 Å². The summed E-state index contributed by atoms with van der Waals surface area (Å²) < 4.78 is 17.8. The smallest absolute Gasteiger partial charge is 0.408 e. The number of carboxylic acid groups (broad SMARTS) is 1. The van der Waals surface area contributed by atoms with Crippen molar-refractivity contribution in [2.45, 2.75) is 45.0 Å². The number of nitrogens with two attached hydrogens (primary N) is 1. The molecule has 18 heavy (non-hydrogen) atoms. The van der Waals surface area contributed by atoms with Gasteiger partial charge in [0, 0.05) is 6.42 Å². The van der Waals surface area contributed by atoms with Crippen LogP contribution in [0.25, 0.3) is 0 Å². The summed E-state index contributed by atoms with van der Waals surface area (Å²) in [6.45, 7) is 4.76. The third-order valence-electron chi connectivity index (χ3n) is 1.74. The van der Waals surface area contributed by atoms with E-state index in [0.29, 0.717) is 0 Å². The van der Waals surface area contributed by atoms with Crippen molar-refractivity contribution in [1.82, 2.24) is 5.32 Å². The van der Waals surface area contributed by atoms with E-state index in [1.54, 1.807) is 20.8 Å². The molecule has 2 atom stereocenters. The van der Waals surface area contributed by atoms with Gasteiger partial charge in [0.05, 0.1) is 0 Å². The Labute approximate surface area is 103 Å². The van der Waals surface area contributed by atoms with E-state index in [0.717, 1.165) is 0 Å². The number of carbonyl (C=O) groups is 3. The Kier molecular flexibility index (Phi) is 5.54. The van der Waals surface area contributed by atoms with E-state index >= 15 is 0 Å². The lowest BCUT2D eigenvalue weighted by atomic mass is 10.1. The molecule has 0 saturated heterocycles. The average molecular weight is 264 g/mol. The topological polar surface area (TPSA) is 119 Å². The minimum atomic E-state index is -2.15. The van der Waals surface area contributed by atoms with Crippen LogP contribution in [-0.4, -0.2) is 40.9 Å². The van der Waals surface area contributed by atoms with E-state index < -0.39 is 42.2 Å². The van der Waals surface area contributed by atoms with Gasteiger partial charge in [0.15, 0.2) is 6.17 Å². The number of ether oxygens (including phenoxy) is 1. The van der Waals surface area contributed by atoms with Gasteiger partial charge in [0.2, 0.25) is 0 Å². The second-order valence-electron chi connectivity index (χ2n) is 4.64. The number of primary amides is 1. The molecule has 0 unspecified atom stereocenters. The normalized spacial score (nSPS) is 14.4.